The first-order chi connectivity index (χ1) is 11.9. The highest BCUT2D eigenvalue weighted by Gasteiger charge is 2.51. The van der Waals surface area contributed by atoms with Crippen LogP contribution in [0.2, 0.25) is 0 Å². The zero-order chi connectivity index (χ0) is 18.0. The molecular weight excluding hydrogens is 338 g/mol. The Morgan fingerprint density at radius 3 is 2.48 bits per heavy atom. The van der Waals surface area contributed by atoms with Crippen molar-refractivity contribution in [3.8, 4) is 0 Å². The molecule has 0 spiro atoms. The molecular formula is C17H13F4N3O. The zero-order valence-electron chi connectivity index (χ0n) is 12.7. The lowest BCUT2D eigenvalue weighted by Crippen LogP contribution is -2.42. The Morgan fingerprint density at radius 2 is 1.92 bits per heavy atom. The van der Waals surface area contributed by atoms with E-state index in [4.69, 9.17) is 0 Å². The summed E-state index contributed by atoms with van der Waals surface area (Å²) >= 11 is 0. The Balaban J connectivity index is 2.25. The number of halogens is 4. The third kappa shape index (κ3) is 3.00. The molecule has 0 aliphatic heterocycles. The maximum atomic E-state index is 14.2. The number of pyridine rings is 1. The molecule has 0 radical (unpaired) electrons. The molecule has 2 atom stereocenters. The first-order valence-corrected chi connectivity index (χ1v) is 7.30. The van der Waals surface area contributed by atoms with Crippen LogP contribution in [-0.4, -0.2) is 26.7 Å². The maximum absolute atomic E-state index is 14.2. The fraction of sp³-hybridized carbons (Fsp3) is 0.176. The van der Waals surface area contributed by atoms with Crippen LogP contribution in [0.1, 0.15) is 22.7 Å². The quantitative estimate of drug-likeness (QED) is 0.693. The van der Waals surface area contributed by atoms with Gasteiger partial charge in [0.25, 0.3) is 6.43 Å². The Labute approximate surface area is 140 Å². The van der Waals surface area contributed by atoms with Gasteiger partial charge < -0.3 is 5.11 Å². The van der Waals surface area contributed by atoms with E-state index in [1.165, 1.54) is 24.7 Å². The van der Waals surface area contributed by atoms with Crippen molar-refractivity contribution in [3.63, 3.8) is 0 Å². The number of aromatic amines is 1. The summed E-state index contributed by atoms with van der Waals surface area (Å²) in [5.74, 6) is -3.63. The molecule has 0 saturated carbocycles. The van der Waals surface area contributed by atoms with Crippen molar-refractivity contribution in [1.29, 1.82) is 0 Å². The van der Waals surface area contributed by atoms with Crippen LogP contribution in [0.15, 0.2) is 55.0 Å². The number of hydrogen-bond acceptors (Lipinski definition) is 3. The van der Waals surface area contributed by atoms with Gasteiger partial charge >= 0.3 is 0 Å². The van der Waals surface area contributed by atoms with Gasteiger partial charge in [0, 0.05) is 29.6 Å². The van der Waals surface area contributed by atoms with Crippen molar-refractivity contribution in [2.24, 2.45) is 0 Å². The molecule has 2 heterocycles. The van der Waals surface area contributed by atoms with Crippen molar-refractivity contribution in [2.75, 3.05) is 0 Å². The second-order valence-electron chi connectivity index (χ2n) is 5.47. The van der Waals surface area contributed by atoms with Gasteiger partial charge in [-0.25, -0.2) is 17.6 Å². The van der Waals surface area contributed by atoms with Crippen molar-refractivity contribution in [1.82, 2.24) is 15.2 Å². The van der Waals surface area contributed by atoms with E-state index in [9.17, 15) is 22.7 Å². The molecule has 0 fully saturated rings. The summed E-state index contributed by atoms with van der Waals surface area (Å²) in [6, 6.07) is 6.65. The molecule has 25 heavy (non-hydrogen) atoms. The summed E-state index contributed by atoms with van der Waals surface area (Å²) in [4.78, 5) is 4.02. The van der Waals surface area contributed by atoms with Gasteiger partial charge in [0.2, 0.25) is 0 Å². The number of nitrogens with one attached hydrogen (secondary N) is 1. The number of rotatable bonds is 5. The minimum atomic E-state index is -3.38. The van der Waals surface area contributed by atoms with Crippen molar-refractivity contribution in [3.05, 3.63) is 83.4 Å². The molecule has 8 heteroatoms. The summed E-state index contributed by atoms with van der Waals surface area (Å²) in [6.07, 6.45) is 0.548. The maximum Gasteiger partial charge on any atom is 0.272 e. The normalized spacial score (nSPS) is 15.1. The number of H-pyrrole nitrogens is 1. The van der Waals surface area contributed by atoms with Gasteiger partial charge in [-0.3, -0.25) is 10.1 Å². The van der Waals surface area contributed by atoms with Gasteiger partial charge in [-0.15, -0.1) is 0 Å². The number of nitrogens with zero attached hydrogens (tertiary/aromatic N) is 2. The van der Waals surface area contributed by atoms with Crippen molar-refractivity contribution >= 4 is 0 Å². The fourth-order valence-electron chi connectivity index (χ4n) is 2.83. The summed E-state index contributed by atoms with van der Waals surface area (Å²) in [5, 5.41) is 17.1. The van der Waals surface area contributed by atoms with Crippen LogP contribution >= 0.6 is 0 Å². The molecule has 2 N–H and O–H groups in total. The third-order valence-corrected chi connectivity index (χ3v) is 3.97. The van der Waals surface area contributed by atoms with Crippen molar-refractivity contribution in [2.45, 2.75) is 17.9 Å². The lowest BCUT2D eigenvalue weighted by atomic mass is 9.76. The molecule has 0 saturated heterocycles. The molecule has 3 aromatic rings. The van der Waals surface area contributed by atoms with Crippen LogP contribution in [0, 0.1) is 11.6 Å². The van der Waals surface area contributed by atoms with Crippen LogP contribution in [0.3, 0.4) is 0 Å². The lowest BCUT2D eigenvalue weighted by molar-refractivity contribution is -0.115. The molecule has 0 amide bonds. The number of aliphatic hydroxyl groups is 1. The highest BCUT2D eigenvalue weighted by molar-refractivity contribution is 5.37. The van der Waals surface area contributed by atoms with E-state index in [0.29, 0.717) is 6.07 Å². The van der Waals surface area contributed by atoms with E-state index >= 15 is 0 Å². The molecule has 0 aliphatic rings. The fourth-order valence-corrected chi connectivity index (χ4v) is 2.83. The molecule has 2 aromatic heterocycles. The monoisotopic (exact) mass is 351 g/mol. The highest BCUT2D eigenvalue weighted by Crippen LogP contribution is 2.45. The SMILES string of the molecule is OC(c1ccc(F)cc1F)(C(F)F)C(c1cn[nH]c1)c1ccccn1. The summed E-state index contributed by atoms with van der Waals surface area (Å²) in [6.45, 7) is 0. The minimum Gasteiger partial charge on any atom is -0.378 e. The predicted molar refractivity (Wildman–Crippen MR) is 80.9 cm³/mol. The van der Waals surface area contributed by atoms with E-state index in [-0.39, 0.29) is 11.3 Å². The number of hydrogen-bond donors (Lipinski definition) is 2. The van der Waals surface area contributed by atoms with Crippen LogP contribution in [0.5, 0.6) is 0 Å². The Kier molecular flexibility index (Phi) is 4.54. The molecule has 1 aromatic carbocycles. The largest absolute Gasteiger partial charge is 0.378 e. The molecule has 4 nitrogen and oxygen atoms in total. The Morgan fingerprint density at radius 1 is 1.12 bits per heavy atom. The number of aromatic nitrogens is 3. The lowest BCUT2D eigenvalue weighted by Gasteiger charge is -2.35. The van der Waals surface area contributed by atoms with Gasteiger partial charge in [-0.05, 0) is 18.2 Å². The van der Waals surface area contributed by atoms with Gasteiger partial charge in [0.1, 0.15) is 11.6 Å². The van der Waals surface area contributed by atoms with Crippen LogP contribution in [-0.2, 0) is 5.60 Å². The average Bonchev–Trinajstić information content (AvgIpc) is 3.09. The van der Waals surface area contributed by atoms with Crippen LogP contribution < -0.4 is 0 Å². The molecule has 0 aliphatic carbocycles. The highest BCUT2D eigenvalue weighted by atomic mass is 19.3. The van der Waals surface area contributed by atoms with Gasteiger partial charge in [0.05, 0.1) is 17.8 Å². The van der Waals surface area contributed by atoms with Gasteiger partial charge in [0.15, 0.2) is 5.60 Å². The third-order valence-electron chi connectivity index (χ3n) is 3.97. The first-order valence-electron chi connectivity index (χ1n) is 7.30. The average molecular weight is 351 g/mol. The van der Waals surface area contributed by atoms with E-state index in [1.54, 1.807) is 12.1 Å². The Hall–Kier alpha value is -2.74. The topological polar surface area (TPSA) is 61.8 Å². The number of benzene rings is 1. The molecule has 2 unspecified atom stereocenters. The van der Waals surface area contributed by atoms with E-state index in [1.807, 2.05) is 0 Å². The summed E-state index contributed by atoms with van der Waals surface area (Å²) in [5.41, 5.74) is -3.42. The van der Waals surface area contributed by atoms with E-state index in [0.717, 1.165) is 12.1 Å². The first kappa shape index (κ1) is 17.1. The smallest absolute Gasteiger partial charge is 0.272 e. The second kappa shape index (κ2) is 6.64. The van der Waals surface area contributed by atoms with Crippen LogP contribution in [0.25, 0.3) is 0 Å². The van der Waals surface area contributed by atoms with Gasteiger partial charge in [-0.2, -0.15) is 5.10 Å². The predicted octanol–water partition coefficient (Wildman–Crippen LogP) is 3.37. The molecule has 0 bridgehead atoms. The number of alkyl halides is 2. The van der Waals surface area contributed by atoms with Crippen molar-refractivity contribution < 1.29 is 22.7 Å². The van der Waals surface area contributed by atoms with E-state index in [2.05, 4.69) is 15.2 Å². The molecule has 130 valence electrons. The zero-order valence-corrected chi connectivity index (χ0v) is 12.7. The summed E-state index contributed by atoms with van der Waals surface area (Å²) < 4.78 is 55.5. The van der Waals surface area contributed by atoms with Crippen LogP contribution in [0.4, 0.5) is 17.6 Å². The van der Waals surface area contributed by atoms with E-state index < -0.39 is 35.1 Å². The minimum absolute atomic E-state index is 0.0930. The Bertz CT molecular complexity index is 842. The molecule has 3 rings (SSSR count). The van der Waals surface area contributed by atoms with Gasteiger partial charge in [-0.1, -0.05) is 12.1 Å². The standard InChI is InChI=1S/C17H13F4N3O/c18-11-4-5-12(13(19)7-11)17(25,16(20)21)15(10-8-23-24-9-10)14-3-1-2-6-22-14/h1-9,15-16,25H,(H,23,24). The summed E-state index contributed by atoms with van der Waals surface area (Å²) in [7, 11) is 0. The second-order valence-corrected chi connectivity index (χ2v) is 5.47.